The smallest absolute Gasteiger partial charge is 0.382 e. The number of benzene rings is 1. The second-order valence-corrected chi connectivity index (χ2v) is 10.3. The lowest BCUT2D eigenvalue weighted by molar-refractivity contribution is -0.138. The van der Waals surface area contributed by atoms with Gasteiger partial charge in [-0.25, -0.2) is 9.97 Å². The van der Waals surface area contributed by atoms with Crippen LogP contribution in [0.4, 0.5) is 13.2 Å². The third kappa shape index (κ3) is 5.16. The molecule has 0 aliphatic rings. The molecule has 0 saturated heterocycles. The standard InChI is InChI=1S/C29H29F3N6O2/c1-5-18-8-9-33-11-21(18)14-37-15-22(24(17-37)29(30,31)32)16-38-25-10-19(6-7-23(25)26(39)36(38)4)20-12-34-27(35-13-20)28(2,3)40/h6-13,15,17,40H,5,14,16H2,1-4H3. The van der Waals surface area contributed by atoms with Crippen LogP contribution in [0.1, 0.15) is 48.8 Å². The number of aromatic nitrogens is 6. The number of alkyl halides is 3. The van der Waals surface area contributed by atoms with Crippen molar-refractivity contribution in [2.45, 2.75) is 52.1 Å². The van der Waals surface area contributed by atoms with Crippen molar-refractivity contribution in [2.24, 2.45) is 7.05 Å². The highest BCUT2D eigenvalue weighted by Crippen LogP contribution is 2.34. The largest absolute Gasteiger partial charge is 0.418 e. The Morgan fingerprint density at radius 2 is 1.65 bits per heavy atom. The first-order chi connectivity index (χ1) is 18.9. The summed E-state index contributed by atoms with van der Waals surface area (Å²) >= 11 is 0. The molecule has 1 N–H and O–H groups in total. The second-order valence-electron chi connectivity index (χ2n) is 10.3. The number of rotatable bonds is 7. The molecule has 5 aromatic rings. The van der Waals surface area contributed by atoms with Crippen molar-refractivity contribution in [1.82, 2.24) is 28.9 Å². The summed E-state index contributed by atoms with van der Waals surface area (Å²) in [7, 11) is 1.54. The molecule has 0 fully saturated rings. The summed E-state index contributed by atoms with van der Waals surface area (Å²) in [4.78, 5) is 25.6. The van der Waals surface area contributed by atoms with Crippen molar-refractivity contribution in [3.8, 4) is 11.1 Å². The number of halogens is 3. The highest BCUT2D eigenvalue weighted by atomic mass is 19.4. The van der Waals surface area contributed by atoms with Crippen LogP contribution in [0.2, 0.25) is 0 Å². The summed E-state index contributed by atoms with van der Waals surface area (Å²) in [6.07, 6.45) is 5.24. The second kappa shape index (κ2) is 10.1. The fourth-order valence-corrected chi connectivity index (χ4v) is 4.86. The van der Waals surface area contributed by atoms with E-state index in [0.29, 0.717) is 22.0 Å². The quantitative estimate of drug-likeness (QED) is 0.311. The van der Waals surface area contributed by atoms with Crippen LogP contribution in [0, 0.1) is 0 Å². The van der Waals surface area contributed by atoms with Gasteiger partial charge in [0.25, 0.3) is 5.56 Å². The van der Waals surface area contributed by atoms with Gasteiger partial charge in [-0.15, -0.1) is 0 Å². The number of aryl methyl sites for hydroxylation is 1. The molecular weight excluding hydrogens is 521 g/mol. The van der Waals surface area contributed by atoms with E-state index in [-0.39, 0.29) is 30.0 Å². The number of fused-ring (bicyclic) bond motifs is 1. The van der Waals surface area contributed by atoms with E-state index in [0.717, 1.165) is 23.7 Å². The molecule has 0 aliphatic heterocycles. The molecule has 0 unspecified atom stereocenters. The number of pyridine rings is 1. The van der Waals surface area contributed by atoms with Crippen LogP contribution in [0.25, 0.3) is 22.0 Å². The van der Waals surface area contributed by atoms with Gasteiger partial charge in [-0.2, -0.15) is 13.2 Å². The molecule has 11 heteroatoms. The number of aliphatic hydroxyl groups is 1. The summed E-state index contributed by atoms with van der Waals surface area (Å²) < 4.78 is 46.8. The third-order valence-corrected chi connectivity index (χ3v) is 7.02. The maximum Gasteiger partial charge on any atom is 0.418 e. The van der Waals surface area contributed by atoms with Crippen molar-refractivity contribution in [3.63, 3.8) is 0 Å². The van der Waals surface area contributed by atoms with Crippen molar-refractivity contribution >= 4 is 10.9 Å². The van der Waals surface area contributed by atoms with Crippen molar-refractivity contribution < 1.29 is 18.3 Å². The Bertz CT molecular complexity index is 1740. The molecule has 0 amide bonds. The Kier molecular flexibility index (Phi) is 6.87. The van der Waals surface area contributed by atoms with E-state index in [9.17, 15) is 23.1 Å². The maximum atomic E-state index is 14.1. The third-order valence-electron chi connectivity index (χ3n) is 7.02. The molecule has 0 radical (unpaired) electrons. The number of hydrogen-bond donors (Lipinski definition) is 1. The van der Waals surface area contributed by atoms with Crippen molar-refractivity contribution in [2.75, 3.05) is 0 Å². The van der Waals surface area contributed by atoms with Gasteiger partial charge in [0.15, 0.2) is 5.82 Å². The minimum absolute atomic E-state index is 0.0465. The molecule has 0 atom stereocenters. The lowest BCUT2D eigenvalue weighted by Crippen LogP contribution is -2.20. The van der Waals surface area contributed by atoms with Gasteiger partial charge < -0.3 is 9.67 Å². The average Bonchev–Trinajstić information content (AvgIpc) is 3.43. The predicted octanol–water partition coefficient (Wildman–Crippen LogP) is 4.90. The molecule has 0 bridgehead atoms. The summed E-state index contributed by atoms with van der Waals surface area (Å²) in [5.74, 6) is 0.260. The minimum Gasteiger partial charge on any atom is -0.382 e. The zero-order valence-corrected chi connectivity index (χ0v) is 22.6. The van der Waals surface area contributed by atoms with Gasteiger partial charge in [-0.05, 0) is 55.2 Å². The average molecular weight is 551 g/mol. The first-order valence-corrected chi connectivity index (χ1v) is 12.8. The van der Waals surface area contributed by atoms with E-state index >= 15 is 0 Å². The van der Waals surface area contributed by atoms with Crippen LogP contribution in [0.3, 0.4) is 0 Å². The molecule has 5 rings (SSSR count). The van der Waals surface area contributed by atoms with Crippen LogP contribution in [-0.4, -0.2) is 34.0 Å². The zero-order chi connectivity index (χ0) is 28.8. The van der Waals surface area contributed by atoms with Crippen molar-refractivity contribution in [3.05, 3.63) is 99.9 Å². The van der Waals surface area contributed by atoms with E-state index in [2.05, 4.69) is 15.0 Å². The van der Waals surface area contributed by atoms with Crippen LogP contribution in [-0.2, 0) is 38.3 Å². The minimum atomic E-state index is -4.57. The molecule has 4 aromatic heterocycles. The topological polar surface area (TPSA) is 90.8 Å². The van der Waals surface area contributed by atoms with Crippen LogP contribution in [0.15, 0.2) is 66.2 Å². The molecular formula is C29H29F3N6O2. The summed E-state index contributed by atoms with van der Waals surface area (Å²) in [5.41, 5.74) is 1.45. The predicted molar refractivity (Wildman–Crippen MR) is 145 cm³/mol. The molecule has 1 aromatic carbocycles. The molecule has 0 spiro atoms. The van der Waals surface area contributed by atoms with E-state index in [1.807, 2.05) is 13.0 Å². The van der Waals surface area contributed by atoms with E-state index in [4.69, 9.17) is 0 Å². The first kappa shape index (κ1) is 27.3. The normalized spacial score (nSPS) is 12.4. The van der Waals surface area contributed by atoms with E-state index in [1.54, 1.807) is 61.5 Å². The lowest BCUT2D eigenvalue weighted by atomic mass is 10.1. The van der Waals surface area contributed by atoms with Gasteiger partial charge >= 0.3 is 6.18 Å². The SMILES string of the molecule is CCc1ccncc1Cn1cc(Cn2c3cc(-c4cnc(C(C)(C)O)nc4)ccc3c(=O)n2C)c(C(F)(F)F)c1. The van der Waals surface area contributed by atoms with Crippen molar-refractivity contribution in [1.29, 1.82) is 0 Å². The Morgan fingerprint density at radius 3 is 2.30 bits per heavy atom. The highest BCUT2D eigenvalue weighted by Gasteiger charge is 2.35. The summed E-state index contributed by atoms with van der Waals surface area (Å²) in [6, 6.07) is 7.00. The fourth-order valence-electron chi connectivity index (χ4n) is 4.86. The van der Waals surface area contributed by atoms with Crippen LogP contribution < -0.4 is 5.56 Å². The van der Waals surface area contributed by atoms with E-state index < -0.39 is 17.3 Å². The molecule has 40 heavy (non-hydrogen) atoms. The Balaban J connectivity index is 1.56. The first-order valence-electron chi connectivity index (χ1n) is 12.8. The Hall–Kier alpha value is -4.25. The molecule has 8 nitrogen and oxygen atoms in total. The van der Waals surface area contributed by atoms with Gasteiger partial charge in [0.2, 0.25) is 0 Å². The van der Waals surface area contributed by atoms with Crippen LogP contribution >= 0.6 is 0 Å². The summed E-state index contributed by atoms with van der Waals surface area (Å²) in [5, 5.41) is 10.5. The Labute approximate surface area is 228 Å². The number of hydrogen-bond acceptors (Lipinski definition) is 5. The zero-order valence-electron chi connectivity index (χ0n) is 22.6. The molecule has 0 saturated carbocycles. The monoisotopic (exact) mass is 550 g/mol. The fraction of sp³-hybridized carbons (Fsp3) is 0.310. The van der Waals surface area contributed by atoms with Gasteiger partial charge in [0.05, 0.1) is 23.0 Å². The van der Waals surface area contributed by atoms with Gasteiger partial charge in [0.1, 0.15) is 5.60 Å². The van der Waals surface area contributed by atoms with Gasteiger partial charge in [0, 0.05) is 61.9 Å². The summed E-state index contributed by atoms with van der Waals surface area (Å²) in [6.45, 7) is 5.23. The van der Waals surface area contributed by atoms with Gasteiger partial charge in [-0.3, -0.25) is 19.1 Å². The van der Waals surface area contributed by atoms with E-state index in [1.165, 1.54) is 22.5 Å². The molecule has 208 valence electrons. The maximum absolute atomic E-state index is 14.1. The Morgan fingerprint density at radius 1 is 0.925 bits per heavy atom. The highest BCUT2D eigenvalue weighted by molar-refractivity contribution is 5.84. The van der Waals surface area contributed by atoms with Gasteiger partial charge in [-0.1, -0.05) is 13.0 Å². The molecule has 4 heterocycles. The van der Waals surface area contributed by atoms with Crippen LogP contribution in [0.5, 0.6) is 0 Å². The molecule has 0 aliphatic carbocycles. The number of nitrogens with zero attached hydrogens (tertiary/aromatic N) is 6. The lowest BCUT2D eigenvalue weighted by Gasteiger charge is -2.15.